The van der Waals surface area contributed by atoms with E-state index in [2.05, 4.69) is 54.9 Å². The van der Waals surface area contributed by atoms with Gasteiger partial charge in [0.05, 0.1) is 0 Å². The summed E-state index contributed by atoms with van der Waals surface area (Å²) in [6.45, 7) is 8.70. The van der Waals surface area contributed by atoms with E-state index < -0.39 is 0 Å². The molecule has 0 aliphatic carbocycles. The number of hydrogen-bond donors (Lipinski definition) is 0. The maximum Gasteiger partial charge on any atom is 0.0367 e. The second kappa shape index (κ2) is 8.64. The summed E-state index contributed by atoms with van der Waals surface area (Å²) in [5.74, 6) is 6.03. The van der Waals surface area contributed by atoms with Gasteiger partial charge >= 0.3 is 0 Å². The van der Waals surface area contributed by atoms with Crippen molar-refractivity contribution in [1.82, 2.24) is 0 Å². The van der Waals surface area contributed by atoms with Crippen molar-refractivity contribution >= 4 is 5.69 Å². The molecule has 0 unspecified atom stereocenters. The summed E-state index contributed by atoms with van der Waals surface area (Å²) < 4.78 is 0. The Bertz CT molecular complexity index is 372. The van der Waals surface area contributed by atoms with Gasteiger partial charge < -0.3 is 4.90 Å². The lowest BCUT2D eigenvalue weighted by atomic mass is 10.1. The standard InChI is InChI=1S/C17H25N/c1-4-7-14-18(15-8-5-2)17-12-10-16(9-6-3)11-13-17/h10-13H,4-5,7-8,14-15H2,1-3H3. The molecule has 1 heteroatoms. The Morgan fingerprint density at radius 3 is 1.94 bits per heavy atom. The van der Waals surface area contributed by atoms with E-state index in [9.17, 15) is 0 Å². The topological polar surface area (TPSA) is 3.24 Å². The third-order valence-electron chi connectivity index (χ3n) is 3.06. The van der Waals surface area contributed by atoms with Crippen LogP contribution in [-0.2, 0) is 0 Å². The summed E-state index contributed by atoms with van der Waals surface area (Å²) in [6, 6.07) is 8.64. The number of hydrogen-bond acceptors (Lipinski definition) is 1. The van der Waals surface area contributed by atoms with Crippen LogP contribution in [0.2, 0.25) is 0 Å². The highest BCUT2D eigenvalue weighted by atomic mass is 15.1. The zero-order valence-corrected chi connectivity index (χ0v) is 12.0. The van der Waals surface area contributed by atoms with Gasteiger partial charge in [-0.3, -0.25) is 0 Å². The fourth-order valence-corrected chi connectivity index (χ4v) is 1.97. The maximum atomic E-state index is 3.09. The second-order valence-corrected chi connectivity index (χ2v) is 4.62. The number of anilines is 1. The minimum Gasteiger partial charge on any atom is -0.372 e. The SMILES string of the molecule is CC#Cc1ccc(N(CCCC)CCCC)cc1. The van der Waals surface area contributed by atoms with Crippen molar-refractivity contribution < 1.29 is 0 Å². The first kappa shape index (κ1) is 14.6. The molecule has 0 spiro atoms. The summed E-state index contributed by atoms with van der Waals surface area (Å²) in [5, 5.41) is 0. The van der Waals surface area contributed by atoms with Crippen LogP contribution in [0.25, 0.3) is 0 Å². The average molecular weight is 243 g/mol. The first-order valence-corrected chi connectivity index (χ1v) is 7.09. The average Bonchev–Trinajstić information content (AvgIpc) is 2.41. The largest absolute Gasteiger partial charge is 0.372 e. The van der Waals surface area contributed by atoms with E-state index in [1.165, 1.54) is 31.4 Å². The van der Waals surface area contributed by atoms with Gasteiger partial charge in [0.25, 0.3) is 0 Å². The van der Waals surface area contributed by atoms with Crippen LogP contribution in [0.3, 0.4) is 0 Å². The van der Waals surface area contributed by atoms with Crippen molar-refractivity contribution in [2.45, 2.75) is 46.5 Å². The molecular formula is C17H25N. The predicted octanol–water partition coefficient (Wildman–Crippen LogP) is 4.46. The summed E-state index contributed by atoms with van der Waals surface area (Å²) in [4.78, 5) is 2.50. The third-order valence-corrected chi connectivity index (χ3v) is 3.06. The summed E-state index contributed by atoms with van der Waals surface area (Å²) >= 11 is 0. The number of nitrogens with zero attached hydrogens (tertiary/aromatic N) is 1. The Morgan fingerprint density at radius 2 is 1.50 bits per heavy atom. The Kier molecular flexibility index (Phi) is 7.03. The fraction of sp³-hybridized carbons (Fsp3) is 0.529. The van der Waals surface area contributed by atoms with Gasteiger partial charge in [0.2, 0.25) is 0 Å². The van der Waals surface area contributed by atoms with Crippen LogP contribution in [0.4, 0.5) is 5.69 Å². The van der Waals surface area contributed by atoms with Crippen LogP contribution in [-0.4, -0.2) is 13.1 Å². The highest BCUT2D eigenvalue weighted by Gasteiger charge is 2.04. The zero-order valence-electron chi connectivity index (χ0n) is 12.0. The van der Waals surface area contributed by atoms with Crippen molar-refractivity contribution in [3.63, 3.8) is 0 Å². The van der Waals surface area contributed by atoms with Gasteiger partial charge in [0.15, 0.2) is 0 Å². The Hall–Kier alpha value is -1.42. The molecule has 0 heterocycles. The lowest BCUT2D eigenvalue weighted by Gasteiger charge is -2.24. The van der Waals surface area contributed by atoms with Crippen molar-refractivity contribution in [3.8, 4) is 11.8 Å². The molecule has 0 aromatic heterocycles. The van der Waals surface area contributed by atoms with Crippen molar-refractivity contribution in [2.75, 3.05) is 18.0 Å². The molecular weight excluding hydrogens is 218 g/mol. The van der Waals surface area contributed by atoms with Crippen LogP contribution < -0.4 is 4.90 Å². The minimum atomic E-state index is 1.10. The molecule has 0 amide bonds. The van der Waals surface area contributed by atoms with E-state index in [-0.39, 0.29) is 0 Å². The van der Waals surface area contributed by atoms with E-state index in [4.69, 9.17) is 0 Å². The molecule has 0 fully saturated rings. The van der Waals surface area contributed by atoms with Gasteiger partial charge in [0, 0.05) is 24.3 Å². The van der Waals surface area contributed by atoms with Gasteiger partial charge in [-0.15, -0.1) is 5.92 Å². The highest BCUT2D eigenvalue weighted by Crippen LogP contribution is 2.16. The first-order chi connectivity index (χ1) is 8.81. The molecule has 0 bridgehead atoms. The van der Waals surface area contributed by atoms with Crippen LogP contribution in [0.1, 0.15) is 52.0 Å². The van der Waals surface area contributed by atoms with Crippen molar-refractivity contribution in [1.29, 1.82) is 0 Å². The lowest BCUT2D eigenvalue weighted by molar-refractivity contribution is 0.678. The van der Waals surface area contributed by atoms with Crippen molar-refractivity contribution in [2.24, 2.45) is 0 Å². The predicted molar refractivity (Wildman–Crippen MR) is 81.0 cm³/mol. The molecule has 0 aliphatic heterocycles. The van der Waals surface area contributed by atoms with Crippen LogP contribution in [0.5, 0.6) is 0 Å². The van der Waals surface area contributed by atoms with E-state index in [0.29, 0.717) is 0 Å². The first-order valence-electron chi connectivity index (χ1n) is 7.09. The highest BCUT2D eigenvalue weighted by molar-refractivity contribution is 5.50. The summed E-state index contributed by atoms with van der Waals surface area (Å²) in [5.41, 5.74) is 2.44. The minimum absolute atomic E-state index is 1.10. The normalized spacial score (nSPS) is 9.72. The molecule has 18 heavy (non-hydrogen) atoms. The molecule has 0 aliphatic rings. The van der Waals surface area contributed by atoms with E-state index in [1.807, 2.05) is 6.92 Å². The zero-order chi connectivity index (χ0) is 13.2. The van der Waals surface area contributed by atoms with E-state index in [1.54, 1.807) is 0 Å². The van der Waals surface area contributed by atoms with Crippen molar-refractivity contribution in [3.05, 3.63) is 29.8 Å². The molecule has 1 nitrogen and oxygen atoms in total. The van der Waals surface area contributed by atoms with Gasteiger partial charge in [-0.05, 0) is 44.0 Å². The monoisotopic (exact) mass is 243 g/mol. The molecule has 0 saturated carbocycles. The van der Waals surface area contributed by atoms with Gasteiger partial charge in [-0.25, -0.2) is 0 Å². The smallest absolute Gasteiger partial charge is 0.0367 e. The third kappa shape index (κ3) is 4.84. The van der Waals surface area contributed by atoms with Gasteiger partial charge in [-0.2, -0.15) is 0 Å². The number of benzene rings is 1. The molecule has 1 aromatic rings. The molecule has 0 atom stereocenters. The van der Waals surface area contributed by atoms with Gasteiger partial charge in [-0.1, -0.05) is 32.6 Å². The molecule has 0 N–H and O–H groups in total. The summed E-state index contributed by atoms with van der Waals surface area (Å²) in [7, 11) is 0. The van der Waals surface area contributed by atoms with Crippen LogP contribution in [0.15, 0.2) is 24.3 Å². The maximum absolute atomic E-state index is 3.09. The molecule has 1 rings (SSSR count). The number of unbranched alkanes of at least 4 members (excludes halogenated alkanes) is 2. The Morgan fingerprint density at radius 1 is 0.944 bits per heavy atom. The van der Waals surface area contributed by atoms with E-state index >= 15 is 0 Å². The number of rotatable bonds is 7. The van der Waals surface area contributed by atoms with Crippen LogP contribution in [0, 0.1) is 11.8 Å². The van der Waals surface area contributed by atoms with Crippen LogP contribution >= 0.6 is 0 Å². The Balaban J connectivity index is 2.72. The lowest BCUT2D eigenvalue weighted by Crippen LogP contribution is -2.25. The fourth-order valence-electron chi connectivity index (χ4n) is 1.97. The molecule has 0 saturated heterocycles. The summed E-state index contributed by atoms with van der Waals surface area (Å²) in [6.07, 6.45) is 5.03. The Labute approximate surface area is 112 Å². The molecule has 1 aromatic carbocycles. The van der Waals surface area contributed by atoms with E-state index in [0.717, 1.165) is 18.7 Å². The van der Waals surface area contributed by atoms with Gasteiger partial charge in [0.1, 0.15) is 0 Å². The quantitative estimate of drug-likeness (QED) is 0.639. The molecule has 0 radical (unpaired) electrons. The second-order valence-electron chi connectivity index (χ2n) is 4.62. The molecule has 98 valence electrons.